The Morgan fingerprint density at radius 3 is 2.15 bits per heavy atom. The lowest BCUT2D eigenvalue weighted by Crippen LogP contribution is -2.30. The molecule has 0 aromatic heterocycles. The van der Waals surface area contributed by atoms with Crippen LogP contribution < -0.4 is 0 Å². The van der Waals surface area contributed by atoms with Gasteiger partial charge in [-0.1, -0.05) is 6.08 Å². The van der Waals surface area contributed by atoms with Crippen LogP contribution in [0.15, 0.2) is 12.7 Å². The lowest BCUT2D eigenvalue weighted by molar-refractivity contribution is -0.168. The van der Waals surface area contributed by atoms with Crippen molar-refractivity contribution in [3.8, 4) is 0 Å². The summed E-state index contributed by atoms with van der Waals surface area (Å²) in [5.74, 6) is -4.40. The normalized spacial score (nSPS) is 12.5. The summed E-state index contributed by atoms with van der Waals surface area (Å²) in [5, 5.41) is 0. The van der Waals surface area contributed by atoms with Crippen molar-refractivity contribution in [2.75, 3.05) is 11.5 Å². The van der Waals surface area contributed by atoms with Gasteiger partial charge in [0, 0.05) is 0 Å². The number of carbonyl (C=O) groups excluding carboxylic acids is 1. The number of hydrogen-bond acceptors (Lipinski definition) is 3. The van der Waals surface area contributed by atoms with Crippen LogP contribution in [-0.4, -0.2) is 31.9 Å². The Hall–Kier alpha value is -0.850. The Balaban J connectivity index is 4.47. The molecular formula is C6H7F3O3S. The predicted octanol–water partition coefficient (Wildman–Crippen LogP) is 0.719. The molecule has 0 aliphatic rings. The molecule has 0 atom stereocenters. The molecule has 76 valence electrons. The van der Waals surface area contributed by atoms with Gasteiger partial charge >= 0.3 is 6.18 Å². The molecule has 13 heavy (non-hydrogen) atoms. The average molecular weight is 216 g/mol. The van der Waals surface area contributed by atoms with Crippen molar-refractivity contribution < 1.29 is 26.4 Å². The molecule has 0 rings (SSSR count). The number of sulfone groups is 1. The number of carbonyl (C=O) groups is 1. The summed E-state index contributed by atoms with van der Waals surface area (Å²) >= 11 is 0. The van der Waals surface area contributed by atoms with Gasteiger partial charge in [0.05, 0.1) is 5.75 Å². The molecule has 0 saturated carbocycles. The van der Waals surface area contributed by atoms with E-state index in [1.807, 2.05) is 0 Å². The zero-order valence-electron chi connectivity index (χ0n) is 6.47. The Kier molecular flexibility index (Phi) is 3.65. The maximum atomic E-state index is 11.6. The average Bonchev–Trinajstić information content (AvgIpc) is 1.83. The summed E-state index contributed by atoms with van der Waals surface area (Å²) in [4.78, 5) is 10.2. The van der Waals surface area contributed by atoms with Gasteiger partial charge in [-0.15, -0.1) is 6.58 Å². The van der Waals surface area contributed by atoms with Crippen molar-refractivity contribution in [3.63, 3.8) is 0 Å². The second-order valence-electron chi connectivity index (χ2n) is 2.26. The fourth-order valence-electron chi connectivity index (χ4n) is 0.520. The molecule has 0 fully saturated rings. The Morgan fingerprint density at radius 1 is 1.38 bits per heavy atom. The van der Waals surface area contributed by atoms with E-state index in [1.165, 1.54) is 0 Å². The standard InChI is InChI=1S/C6H7F3O3S/c1-2-3-13(11,12)4-5(10)6(7,8)9/h2H,1,3-4H2. The highest BCUT2D eigenvalue weighted by Crippen LogP contribution is 2.16. The van der Waals surface area contributed by atoms with Crippen LogP contribution in [-0.2, 0) is 14.6 Å². The molecule has 0 amide bonds. The number of ketones is 1. The number of hydrogen-bond donors (Lipinski definition) is 0. The highest BCUT2D eigenvalue weighted by Gasteiger charge is 2.40. The van der Waals surface area contributed by atoms with Gasteiger partial charge in [-0.25, -0.2) is 8.42 Å². The maximum absolute atomic E-state index is 11.6. The third-order valence-electron chi connectivity index (χ3n) is 1.04. The fourth-order valence-corrected chi connectivity index (χ4v) is 1.56. The second kappa shape index (κ2) is 3.91. The molecule has 0 aliphatic carbocycles. The minimum absolute atomic E-state index is 0.630. The molecular weight excluding hydrogens is 209 g/mol. The molecule has 0 spiro atoms. The highest BCUT2D eigenvalue weighted by molar-refractivity contribution is 7.92. The van der Waals surface area contributed by atoms with Gasteiger partial charge in [-0.3, -0.25) is 4.79 Å². The molecule has 0 N–H and O–H groups in total. The van der Waals surface area contributed by atoms with E-state index in [2.05, 4.69) is 6.58 Å². The summed E-state index contributed by atoms with van der Waals surface area (Å²) in [6.45, 7) is 3.04. The van der Waals surface area contributed by atoms with Gasteiger partial charge < -0.3 is 0 Å². The highest BCUT2D eigenvalue weighted by atomic mass is 32.2. The largest absolute Gasteiger partial charge is 0.451 e. The quantitative estimate of drug-likeness (QED) is 0.650. The molecule has 0 aromatic rings. The third kappa shape index (κ3) is 4.66. The minimum Gasteiger partial charge on any atom is -0.288 e. The Bertz CT molecular complexity index is 302. The van der Waals surface area contributed by atoms with E-state index >= 15 is 0 Å². The van der Waals surface area contributed by atoms with Crippen LogP contribution in [0.4, 0.5) is 13.2 Å². The van der Waals surface area contributed by atoms with Gasteiger partial charge in [0.2, 0.25) is 0 Å². The van der Waals surface area contributed by atoms with Crippen LogP contribution in [0, 0.1) is 0 Å². The van der Waals surface area contributed by atoms with E-state index in [0.717, 1.165) is 6.08 Å². The summed E-state index contributed by atoms with van der Waals surface area (Å²) in [6.07, 6.45) is -4.16. The summed E-state index contributed by atoms with van der Waals surface area (Å²) in [5.41, 5.74) is 0. The van der Waals surface area contributed by atoms with E-state index in [0.29, 0.717) is 0 Å². The molecule has 0 bridgehead atoms. The zero-order chi connectivity index (χ0) is 10.7. The number of halogens is 3. The van der Waals surface area contributed by atoms with Gasteiger partial charge in [0.15, 0.2) is 9.84 Å². The third-order valence-corrected chi connectivity index (χ3v) is 2.48. The van der Waals surface area contributed by atoms with Crippen molar-refractivity contribution in [1.29, 1.82) is 0 Å². The van der Waals surface area contributed by atoms with E-state index in [1.54, 1.807) is 0 Å². The van der Waals surface area contributed by atoms with E-state index in [4.69, 9.17) is 0 Å². The first-order valence-electron chi connectivity index (χ1n) is 3.10. The molecule has 3 nitrogen and oxygen atoms in total. The molecule has 0 aromatic carbocycles. The first-order chi connectivity index (χ1) is 5.69. The topological polar surface area (TPSA) is 51.2 Å². The first kappa shape index (κ1) is 12.2. The van der Waals surface area contributed by atoms with Crippen LogP contribution in [0.1, 0.15) is 0 Å². The molecule has 0 unspecified atom stereocenters. The molecule has 7 heteroatoms. The lowest BCUT2D eigenvalue weighted by Gasteiger charge is -2.04. The zero-order valence-corrected chi connectivity index (χ0v) is 7.28. The van der Waals surface area contributed by atoms with Crippen molar-refractivity contribution in [2.45, 2.75) is 6.18 Å². The fraction of sp³-hybridized carbons (Fsp3) is 0.500. The summed E-state index contributed by atoms with van der Waals surface area (Å²) in [7, 11) is -4.00. The van der Waals surface area contributed by atoms with Crippen molar-refractivity contribution in [1.82, 2.24) is 0 Å². The Morgan fingerprint density at radius 2 is 1.85 bits per heavy atom. The van der Waals surface area contributed by atoms with E-state index < -0.39 is 33.3 Å². The van der Waals surface area contributed by atoms with E-state index in [-0.39, 0.29) is 0 Å². The lowest BCUT2D eigenvalue weighted by atomic mass is 10.4. The second-order valence-corrected chi connectivity index (χ2v) is 4.37. The summed E-state index contributed by atoms with van der Waals surface area (Å²) in [6, 6.07) is 0. The van der Waals surface area contributed by atoms with Gasteiger partial charge in [0.25, 0.3) is 5.78 Å². The monoisotopic (exact) mass is 216 g/mol. The molecule has 0 saturated heterocycles. The van der Waals surface area contributed by atoms with Crippen molar-refractivity contribution in [2.24, 2.45) is 0 Å². The first-order valence-corrected chi connectivity index (χ1v) is 4.92. The van der Waals surface area contributed by atoms with E-state index in [9.17, 15) is 26.4 Å². The maximum Gasteiger partial charge on any atom is 0.451 e. The molecule has 0 aliphatic heterocycles. The number of rotatable bonds is 4. The number of alkyl halides is 3. The van der Waals surface area contributed by atoms with Gasteiger partial charge in [0.1, 0.15) is 5.75 Å². The minimum atomic E-state index is -5.09. The van der Waals surface area contributed by atoms with Crippen LogP contribution >= 0.6 is 0 Å². The van der Waals surface area contributed by atoms with Crippen molar-refractivity contribution >= 4 is 15.6 Å². The number of Topliss-reactive ketones (excluding diaryl/α,β-unsaturated/α-hetero) is 1. The molecule has 0 heterocycles. The molecule has 0 radical (unpaired) electrons. The SMILES string of the molecule is C=CCS(=O)(=O)CC(=O)C(F)(F)F. The van der Waals surface area contributed by atoms with Crippen LogP contribution in [0.25, 0.3) is 0 Å². The van der Waals surface area contributed by atoms with Crippen LogP contribution in [0.5, 0.6) is 0 Å². The van der Waals surface area contributed by atoms with Crippen LogP contribution in [0.3, 0.4) is 0 Å². The predicted molar refractivity (Wildman–Crippen MR) is 39.9 cm³/mol. The summed E-state index contributed by atoms with van der Waals surface area (Å²) < 4.78 is 56.1. The Labute approximate surface area is 73.2 Å². The smallest absolute Gasteiger partial charge is 0.288 e. The van der Waals surface area contributed by atoms with Crippen molar-refractivity contribution in [3.05, 3.63) is 12.7 Å². The van der Waals surface area contributed by atoms with Gasteiger partial charge in [-0.2, -0.15) is 13.2 Å². The van der Waals surface area contributed by atoms with Crippen LogP contribution in [0.2, 0.25) is 0 Å². The van der Waals surface area contributed by atoms with Gasteiger partial charge in [-0.05, 0) is 0 Å².